The zero-order chi connectivity index (χ0) is 16.9. The number of hydrogen-bond donors (Lipinski definition) is 3. The van der Waals surface area contributed by atoms with Crippen molar-refractivity contribution in [1.29, 1.82) is 0 Å². The zero-order valence-electron chi connectivity index (χ0n) is 14.0. The molecule has 1 aromatic carbocycles. The van der Waals surface area contributed by atoms with E-state index >= 15 is 0 Å². The minimum absolute atomic E-state index is 0. The quantitative estimate of drug-likeness (QED) is 0.761. The number of nitrogens with zero attached hydrogens (tertiary/aromatic N) is 1. The SMILES string of the molecule is Cl.O=C(Nc1ccc(F)cc1)NC1CCN(C(=O)C2CCCNC2)C1. The van der Waals surface area contributed by atoms with Crippen molar-refractivity contribution in [1.82, 2.24) is 15.5 Å². The van der Waals surface area contributed by atoms with Crippen LogP contribution in [-0.4, -0.2) is 49.1 Å². The number of rotatable bonds is 3. The highest BCUT2D eigenvalue weighted by atomic mass is 35.5. The fourth-order valence-electron chi connectivity index (χ4n) is 3.28. The number of amides is 3. The van der Waals surface area contributed by atoms with Crippen molar-refractivity contribution < 1.29 is 14.0 Å². The van der Waals surface area contributed by atoms with Crippen LogP contribution in [0.3, 0.4) is 0 Å². The van der Waals surface area contributed by atoms with Gasteiger partial charge >= 0.3 is 6.03 Å². The molecule has 2 saturated heterocycles. The molecule has 2 unspecified atom stereocenters. The van der Waals surface area contributed by atoms with Crippen LogP contribution in [0.4, 0.5) is 14.9 Å². The molecule has 0 aliphatic carbocycles. The zero-order valence-corrected chi connectivity index (χ0v) is 14.8. The molecular weight excluding hydrogens is 347 g/mol. The molecule has 0 spiro atoms. The lowest BCUT2D eigenvalue weighted by Crippen LogP contribution is -2.44. The first-order valence-corrected chi connectivity index (χ1v) is 8.44. The Balaban J connectivity index is 0.00000225. The van der Waals surface area contributed by atoms with E-state index in [0.717, 1.165) is 32.4 Å². The fraction of sp³-hybridized carbons (Fsp3) is 0.529. The van der Waals surface area contributed by atoms with Crippen molar-refractivity contribution in [3.05, 3.63) is 30.1 Å². The maximum atomic E-state index is 12.9. The Labute approximate surface area is 152 Å². The predicted octanol–water partition coefficient (Wildman–Crippen LogP) is 1.97. The van der Waals surface area contributed by atoms with Gasteiger partial charge < -0.3 is 20.9 Å². The number of anilines is 1. The van der Waals surface area contributed by atoms with E-state index in [2.05, 4.69) is 16.0 Å². The molecule has 0 aromatic heterocycles. The number of nitrogens with one attached hydrogen (secondary N) is 3. The van der Waals surface area contributed by atoms with Crippen LogP contribution in [0.5, 0.6) is 0 Å². The van der Waals surface area contributed by atoms with Gasteiger partial charge in [-0.15, -0.1) is 12.4 Å². The summed E-state index contributed by atoms with van der Waals surface area (Å²) in [4.78, 5) is 26.3. The van der Waals surface area contributed by atoms with Crippen LogP contribution in [0.15, 0.2) is 24.3 Å². The lowest BCUT2D eigenvalue weighted by Gasteiger charge is -2.26. The molecule has 3 rings (SSSR count). The van der Waals surface area contributed by atoms with Crippen LogP contribution in [0.1, 0.15) is 19.3 Å². The summed E-state index contributed by atoms with van der Waals surface area (Å²) in [7, 11) is 0. The standard InChI is InChI=1S/C17H23FN4O2.ClH/c18-13-3-5-14(6-4-13)20-17(24)21-15-7-9-22(11-15)16(23)12-2-1-8-19-10-12;/h3-6,12,15,19H,1-2,7-11H2,(H2,20,21,24);1H. The van der Waals surface area contributed by atoms with E-state index in [4.69, 9.17) is 0 Å². The van der Waals surface area contributed by atoms with E-state index in [1.54, 1.807) is 0 Å². The Morgan fingerprint density at radius 1 is 1.20 bits per heavy atom. The molecule has 138 valence electrons. The lowest BCUT2D eigenvalue weighted by atomic mass is 9.98. The van der Waals surface area contributed by atoms with Gasteiger partial charge in [-0.05, 0) is 50.1 Å². The summed E-state index contributed by atoms with van der Waals surface area (Å²) in [6.45, 7) is 2.96. The first kappa shape index (κ1) is 19.5. The van der Waals surface area contributed by atoms with Crippen molar-refractivity contribution in [3.8, 4) is 0 Å². The second-order valence-electron chi connectivity index (χ2n) is 6.42. The summed E-state index contributed by atoms with van der Waals surface area (Å²) in [5.41, 5.74) is 0.535. The molecule has 0 radical (unpaired) electrons. The second kappa shape index (κ2) is 9.01. The third-order valence-corrected chi connectivity index (χ3v) is 4.58. The summed E-state index contributed by atoms with van der Waals surface area (Å²) in [6.07, 6.45) is 2.72. The monoisotopic (exact) mass is 370 g/mol. The fourth-order valence-corrected chi connectivity index (χ4v) is 3.28. The molecule has 2 aliphatic heterocycles. The first-order chi connectivity index (χ1) is 11.6. The first-order valence-electron chi connectivity index (χ1n) is 8.44. The van der Waals surface area contributed by atoms with E-state index in [9.17, 15) is 14.0 Å². The number of carbonyl (C=O) groups is 2. The molecule has 3 amide bonds. The van der Waals surface area contributed by atoms with E-state index in [-0.39, 0.29) is 42.1 Å². The molecule has 3 N–H and O–H groups in total. The largest absolute Gasteiger partial charge is 0.340 e. The van der Waals surface area contributed by atoms with Gasteiger partial charge in [-0.2, -0.15) is 0 Å². The van der Waals surface area contributed by atoms with Gasteiger partial charge in [0.15, 0.2) is 0 Å². The number of benzene rings is 1. The van der Waals surface area contributed by atoms with Crippen molar-refractivity contribution >= 4 is 30.0 Å². The molecule has 2 aliphatic rings. The van der Waals surface area contributed by atoms with Crippen molar-refractivity contribution in [2.75, 3.05) is 31.5 Å². The normalized spacial score (nSPS) is 22.8. The number of halogens is 2. The van der Waals surface area contributed by atoms with Gasteiger partial charge in [0.25, 0.3) is 0 Å². The number of piperidine rings is 1. The number of carbonyl (C=O) groups excluding carboxylic acids is 2. The highest BCUT2D eigenvalue weighted by Gasteiger charge is 2.32. The van der Waals surface area contributed by atoms with E-state index in [1.807, 2.05) is 4.90 Å². The van der Waals surface area contributed by atoms with E-state index in [1.165, 1.54) is 24.3 Å². The van der Waals surface area contributed by atoms with E-state index in [0.29, 0.717) is 18.8 Å². The van der Waals surface area contributed by atoms with Gasteiger partial charge in [-0.1, -0.05) is 0 Å². The van der Waals surface area contributed by atoms with Crippen LogP contribution in [-0.2, 0) is 4.79 Å². The molecule has 0 bridgehead atoms. The molecule has 1 aromatic rings. The summed E-state index contributed by atoms with van der Waals surface area (Å²) in [6, 6.07) is 5.23. The molecular formula is C17H24ClFN4O2. The molecule has 6 nitrogen and oxygen atoms in total. The molecule has 2 fully saturated rings. The molecule has 0 saturated carbocycles. The number of likely N-dealkylation sites (tertiary alicyclic amines) is 1. The molecule has 2 atom stereocenters. The lowest BCUT2D eigenvalue weighted by molar-refractivity contribution is -0.135. The smallest absolute Gasteiger partial charge is 0.319 e. The molecule has 25 heavy (non-hydrogen) atoms. The highest BCUT2D eigenvalue weighted by Crippen LogP contribution is 2.18. The van der Waals surface area contributed by atoms with Gasteiger partial charge in [-0.3, -0.25) is 4.79 Å². The van der Waals surface area contributed by atoms with Crippen molar-refractivity contribution in [3.63, 3.8) is 0 Å². The summed E-state index contributed by atoms with van der Waals surface area (Å²) < 4.78 is 12.9. The van der Waals surface area contributed by atoms with Crippen molar-refractivity contribution in [2.24, 2.45) is 5.92 Å². The van der Waals surface area contributed by atoms with E-state index < -0.39 is 0 Å². The molecule has 8 heteroatoms. The summed E-state index contributed by atoms with van der Waals surface area (Å²) >= 11 is 0. The van der Waals surface area contributed by atoms with Crippen LogP contribution in [0, 0.1) is 11.7 Å². The minimum Gasteiger partial charge on any atom is -0.340 e. The average Bonchev–Trinajstić information content (AvgIpc) is 3.05. The second-order valence-corrected chi connectivity index (χ2v) is 6.42. The van der Waals surface area contributed by atoms with Gasteiger partial charge in [0.2, 0.25) is 5.91 Å². The summed E-state index contributed by atoms with van der Waals surface area (Å²) in [5, 5.41) is 8.81. The van der Waals surface area contributed by atoms with Crippen LogP contribution in [0.2, 0.25) is 0 Å². The number of hydrogen-bond acceptors (Lipinski definition) is 3. The Bertz CT molecular complexity index is 593. The third-order valence-electron chi connectivity index (χ3n) is 4.58. The van der Waals surface area contributed by atoms with Gasteiger partial charge in [0.05, 0.1) is 5.92 Å². The Morgan fingerprint density at radius 2 is 1.96 bits per heavy atom. The predicted molar refractivity (Wildman–Crippen MR) is 96.4 cm³/mol. The summed E-state index contributed by atoms with van der Waals surface area (Å²) in [5.74, 6) is -0.0981. The van der Waals surface area contributed by atoms with Crippen LogP contribution >= 0.6 is 12.4 Å². The minimum atomic E-state index is -0.344. The average molecular weight is 371 g/mol. The van der Waals surface area contributed by atoms with Gasteiger partial charge in [0.1, 0.15) is 5.82 Å². The van der Waals surface area contributed by atoms with Crippen LogP contribution in [0.25, 0.3) is 0 Å². The van der Waals surface area contributed by atoms with Gasteiger partial charge in [0, 0.05) is 31.4 Å². The van der Waals surface area contributed by atoms with Gasteiger partial charge in [-0.25, -0.2) is 9.18 Å². The topological polar surface area (TPSA) is 73.5 Å². The van der Waals surface area contributed by atoms with Crippen molar-refractivity contribution in [2.45, 2.75) is 25.3 Å². The van der Waals surface area contributed by atoms with Crippen LogP contribution < -0.4 is 16.0 Å². The Hall–Kier alpha value is -1.86. The Morgan fingerprint density at radius 3 is 2.64 bits per heavy atom. The maximum Gasteiger partial charge on any atom is 0.319 e. The molecule has 2 heterocycles. The highest BCUT2D eigenvalue weighted by molar-refractivity contribution is 5.89. The number of urea groups is 1. The third kappa shape index (κ3) is 5.31. The maximum absolute atomic E-state index is 12.9. The Kier molecular flexibility index (Phi) is 7.01.